The molecule has 1 N–H and O–H groups in total. The molecule has 88 valence electrons. The van der Waals surface area contributed by atoms with Gasteiger partial charge < -0.3 is 5.11 Å². The quantitative estimate of drug-likeness (QED) is 0.878. The van der Waals surface area contributed by atoms with Gasteiger partial charge in [0.05, 0.1) is 5.69 Å². The third-order valence-corrected chi connectivity index (χ3v) is 2.57. The number of nitrogens with zero attached hydrogens (tertiary/aromatic N) is 2. The van der Waals surface area contributed by atoms with Crippen molar-refractivity contribution in [3.8, 4) is 5.69 Å². The summed E-state index contributed by atoms with van der Waals surface area (Å²) in [5, 5.41) is 12.9. The second kappa shape index (κ2) is 4.82. The van der Waals surface area contributed by atoms with Gasteiger partial charge >= 0.3 is 5.97 Å². The lowest BCUT2D eigenvalue weighted by molar-refractivity contribution is 0.0690. The Kier molecular flexibility index (Phi) is 3.23. The van der Waals surface area contributed by atoms with Gasteiger partial charge in [-0.15, -0.1) is 0 Å². The molecule has 17 heavy (non-hydrogen) atoms. The van der Waals surface area contributed by atoms with E-state index in [4.69, 9.17) is 5.11 Å². The van der Waals surface area contributed by atoms with Crippen LogP contribution in [0.3, 0.4) is 0 Å². The summed E-state index contributed by atoms with van der Waals surface area (Å²) in [5.41, 5.74) is 2.19. The van der Waals surface area contributed by atoms with E-state index in [-0.39, 0.29) is 5.69 Å². The second-order valence-corrected chi connectivity index (χ2v) is 3.83. The van der Waals surface area contributed by atoms with Crippen LogP contribution in [0.4, 0.5) is 0 Å². The summed E-state index contributed by atoms with van der Waals surface area (Å²) in [5.74, 6) is -1.00. The summed E-state index contributed by atoms with van der Waals surface area (Å²) >= 11 is 0. The van der Waals surface area contributed by atoms with Crippen molar-refractivity contribution < 1.29 is 9.90 Å². The number of para-hydroxylation sites is 1. The second-order valence-electron chi connectivity index (χ2n) is 3.83. The van der Waals surface area contributed by atoms with E-state index in [0.29, 0.717) is 0 Å². The van der Waals surface area contributed by atoms with Crippen LogP contribution in [-0.4, -0.2) is 20.9 Å². The van der Waals surface area contributed by atoms with Crippen molar-refractivity contribution in [1.82, 2.24) is 9.78 Å². The van der Waals surface area contributed by atoms with Crippen molar-refractivity contribution in [1.29, 1.82) is 0 Å². The average Bonchev–Trinajstić information content (AvgIpc) is 2.79. The highest BCUT2D eigenvalue weighted by atomic mass is 16.4. The van der Waals surface area contributed by atoms with Crippen molar-refractivity contribution in [3.05, 3.63) is 47.8 Å². The number of aromatic carboxylic acids is 1. The molecule has 2 aromatic rings. The first-order chi connectivity index (χ1) is 8.22. The Balaban J connectivity index is 2.41. The highest BCUT2D eigenvalue weighted by Crippen LogP contribution is 2.15. The van der Waals surface area contributed by atoms with E-state index >= 15 is 0 Å². The molecule has 0 bridgehead atoms. The van der Waals surface area contributed by atoms with Crippen molar-refractivity contribution >= 4 is 5.97 Å². The number of carboxylic acids is 1. The maximum Gasteiger partial charge on any atom is 0.356 e. The van der Waals surface area contributed by atoms with Crippen LogP contribution in [-0.2, 0) is 6.42 Å². The Morgan fingerprint density at radius 2 is 2.12 bits per heavy atom. The fourth-order valence-corrected chi connectivity index (χ4v) is 1.79. The summed E-state index contributed by atoms with van der Waals surface area (Å²) in [4.78, 5) is 10.8. The fourth-order valence-electron chi connectivity index (χ4n) is 1.79. The molecule has 0 spiro atoms. The molecule has 0 amide bonds. The van der Waals surface area contributed by atoms with Gasteiger partial charge in [0, 0.05) is 6.20 Å². The SMILES string of the molecule is CCCc1ccccc1-n1ccc(C(=O)O)n1. The first-order valence-corrected chi connectivity index (χ1v) is 5.59. The number of carbonyl (C=O) groups is 1. The molecule has 0 fully saturated rings. The lowest BCUT2D eigenvalue weighted by Gasteiger charge is -2.07. The van der Waals surface area contributed by atoms with Crippen LogP contribution in [0.15, 0.2) is 36.5 Å². The van der Waals surface area contributed by atoms with Crippen molar-refractivity contribution in [2.24, 2.45) is 0 Å². The molecular formula is C13H14N2O2. The Bertz CT molecular complexity index is 532. The van der Waals surface area contributed by atoms with E-state index in [2.05, 4.69) is 12.0 Å². The number of benzene rings is 1. The van der Waals surface area contributed by atoms with Crippen LogP contribution in [0, 0.1) is 0 Å². The summed E-state index contributed by atoms with van der Waals surface area (Å²) in [6.07, 6.45) is 3.68. The van der Waals surface area contributed by atoms with Gasteiger partial charge in [-0.25, -0.2) is 9.48 Å². The van der Waals surface area contributed by atoms with Gasteiger partial charge in [0.2, 0.25) is 0 Å². The van der Waals surface area contributed by atoms with E-state index in [1.54, 1.807) is 10.9 Å². The van der Waals surface area contributed by atoms with Gasteiger partial charge in [0.25, 0.3) is 0 Å². The summed E-state index contributed by atoms with van der Waals surface area (Å²) in [6.45, 7) is 2.11. The maximum absolute atomic E-state index is 10.8. The van der Waals surface area contributed by atoms with Gasteiger partial charge in [-0.1, -0.05) is 31.5 Å². The maximum atomic E-state index is 10.8. The molecule has 2 rings (SSSR count). The zero-order valence-electron chi connectivity index (χ0n) is 9.63. The predicted octanol–water partition coefficient (Wildman–Crippen LogP) is 2.52. The topological polar surface area (TPSA) is 55.1 Å². The summed E-state index contributed by atoms with van der Waals surface area (Å²) in [6, 6.07) is 9.41. The molecule has 0 aliphatic carbocycles. The Morgan fingerprint density at radius 1 is 1.35 bits per heavy atom. The minimum absolute atomic E-state index is 0.0660. The summed E-state index contributed by atoms with van der Waals surface area (Å²) in [7, 11) is 0. The first-order valence-electron chi connectivity index (χ1n) is 5.59. The summed E-state index contributed by atoms with van der Waals surface area (Å²) < 4.78 is 1.62. The minimum atomic E-state index is -1.00. The van der Waals surface area contributed by atoms with Crippen LogP contribution in [0.25, 0.3) is 5.69 Å². The molecule has 1 heterocycles. The number of hydrogen-bond acceptors (Lipinski definition) is 2. The van der Waals surface area contributed by atoms with Crippen LogP contribution < -0.4 is 0 Å². The lowest BCUT2D eigenvalue weighted by Crippen LogP contribution is -2.03. The van der Waals surface area contributed by atoms with Crippen LogP contribution >= 0.6 is 0 Å². The molecule has 0 radical (unpaired) electrons. The van der Waals surface area contributed by atoms with Gasteiger partial charge in [-0.3, -0.25) is 0 Å². The molecule has 0 atom stereocenters. The Labute approximate surface area is 99.5 Å². The average molecular weight is 230 g/mol. The lowest BCUT2D eigenvalue weighted by atomic mass is 10.1. The van der Waals surface area contributed by atoms with Crippen LogP contribution in [0.5, 0.6) is 0 Å². The van der Waals surface area contributed by atoms with E-state index in [9.17, 15) is 4.79 Å². The molecule has 0 saturated heterocycles. The highest BCUT2D eigenvalue weighted by molar-refractivity contribution is 5.85. The van der Waals surface area contributed by atoms with E-state index in [1.807, 2.05) is 24.3 Å². The number of aromatic nitrogens is 2. The molecule has 4 heteroatoms. The third-order valence-electron chi connectivity index (χ3n) is 2.57. The number of rotatable bonds is 4. The van der Waals surface area contributed by atoms with Gasteiger partial charge in [0.15, 0.2) is 5.69 Å². The number of aryl methyl sites for hydroxylation is 1. The third kappa shape index (κ3) is 2.36. The Hall–Kier alpha value is -2.10. The number of carboxylic acid groups (broad SMARTS) is 1. The van der Waals surface area contributed by atoms with Crippen molar-refractivity contribution in [2.75, 3.05) is 0 Å². The number of hydrogen-bond donors (Lipinski definition) is 1. The smallest absolute Gasteiger partial charge is 0.356 e. The van der Waals surface area contributed by atoms with Crippen LogP contribution in [0.1, 0.15) is 29.4 Å². The highest BCUT2D eigenvalue weighted by Gasteiger charge is 2.09. The largest absolute Gasteiger partial charge is 0.476 e. The molecule has 1 aromatic carbocycles. The predicted molar refractivity (Wildman–Crippen MR) is 64.5 cm³/mol. The minimum Gasteiger partial charge on any atom is -0.476 e. The zero-order valence-corrected chi connectivity index (χ0v) is 9.63. The first kappa shape index (κ1) is 11.4. The van der Waals surface area contributed by atoms with E-state index in [1.165, 1.54) is 11.6 Å². The normalized spacial score (nSPS) is 10.4. The molecular weight excluding hydrogens is 216 g/mol. The molecule has 0 aliphatic rings. The molecule has 0 unspecified atom stereocenters. The van der Waals surface area contributed by atoms with Gasteiger partial charge in [-0.05, 0) is 24.1 Å². The van der Waals surface area contributed by atoms with E-state index < -0.39 is 5.97 Å². The van der Waals surface area contributed by atoms with Crippen molar-refractivity contribution in [2.45, 2.75) is 19.8 Å². The van der Waals surface area contributed by atoms with Gasteiger partial charge in [0.1, 0.15) is 0 Å². The fraction of sp³-hybridized carbons (Fsp3) is 0.231. The molecule has 0 aliphatic heterocycles. The van der Waals surface area contributed by atoms with E-state index in [0.717, 1.165) is 18.5 Å². The molecule has 0 saturated carbocycles. The van der Waals surface area contributed by atoms with Crippen molar-refractivity contribution in [3.63, 3.8) is 0 Å². The Morgan fingerprint density at radius 3 is 2.76 bits per heavy atom. The van der Waals surface area contributed by atoms with Crippen LogP contribution in [0.2, 0.25) is 0 Å². The molecule has 1 aromatic heterocycles. The van der Waals surface area contributed by atoms with Gasteiger partial charge in [-0.2, -0.15) is 5.10 Å². The standard InChI is InChI=1S/C13H14N2O2/c1-2-5-10-6-3-4-7-12(10)15-9-8-11(14-15)13(16)17/h3-4,6-9H,2,5H2,1H3,(H,16,17). The molecule has 4 nitrogen and oxygen atoms in total. The monoisotopic (exact) mass is 230 g/mol. The zero-order chi connectivity index (χ0) is 12.3.